The van der Waals surface area contributed by atoms with Crippen molar-refractivity contribution in [1.82, 2.24) is 0 Å². The van der Waals surface area contributed by atoms with E-state index in [1.165, 1.54) is 0 Å². The van der Waals surface area contributed by atoms with Gasteiger partial charge in [0.2, 0.25) is 0 Å². The Kier molecular flexibility index (Phi) is 4.66. The lowest BCUT2D eigenvalue weighted by molar-refractivity contribution is -0.124. The van der Waals surface area contributed by atoms with Crippen LogP contribution in [0, 0.1) is 5.92 Å². The van der Waals surface area contributed by atoms with Crippen LogP contribution in [0.2, 0.25) is 0 Å². The van der Waals surface area contributed by atoms with Crippen molar-refractivity contribution in [3.05, 3.63) is 41.3 Å². The van der Waals surface area contributed by atoms with Crippen molar-refractivity contribution in [2.45, 2.75) is 30.8 Å². The third-order valence-corrected chi connectivity index (χ3v) is 4.96. The number of benzene rings is 1. The number of carbonyl (C=O) groups excluding carboxylic acids is 1. The smallest absolute Gasteiger partial charge is 0.135 e. The molecule has 1 aliphatic carbocycles. The normalized spacial score (nSPS) is 24.6. The Morgan fingerprint density at radius 1 is 1.32 bits per heavy atom. The molecule has 0 radical (unpaired) electrons. The lowest BCUT2D eigenvalue weighted by Crippen LogP contribution is -2.30. The maximum atomic E-state index is 12.4. The van der Waals surface area contributed by atoms with Crippen LogP contribution >= 0.6 is 0 Å². The van der Waals surface area contributed by atoms with Crippen molar-refractivity contribution in [3.63, 3.8) is 0 Å². The van der Waals surface area contributed by atoms with E-state index >= 15 is 0 Å². The predicted octanol–water partition coefficient (Wildman–Crippen LogP) is 2.69. The number of ether oxygens (including phenoxy) is 1. The van der Waals surface area contributed by atoms with Crippen LogP contribution in [0.15, 0.2) is 46.2 Å². The molecule has 102 valence electrons. The third-order valence-electron chi connectivity index (χ3n) is 3.44. The van der Waals surface area contributed by atoms with Gasteiger partial charge in [0.25, 0.3) is 0 Å². The molecule has 1 aromatic carbocycles. The maximum Gasteiger partial charge on any atom is 0.135 e. The molecule has 0 saturated heterocycles. The highest BCUT2D eigenvalue weighted by molar-refractivity contribution is 7.89. The third kappa shape index (κ3) is 3.19. The molecule has 3 atom stereocenters. The van der Waals surface area contributed by atoms with E-state index in [0.29, 0.717) is 12.8 Å². The summed E-state index contributed by atoms with van der Waals surface area (Å²) in [5, 5.41) is 0. The zero-order chi connectivity index (χ0) is 13.8. The Bertz CT molecular complexity index is 507. The molecule has 0 amide bonds. The number of allylic oxidation sites excluding steroid dienone is 1. The minimum Gasteiger partial charge on any atom is -0.377 e. The lowest BCUT2D eigenvalue weighted by Gasteiger charge is -2.27. The van der Waals surface area contributed by atoms with Crippen LogP contribution in [0.25, 0.3) is 0 Å². The van der Waals surface area contributed by atoms with Crippen LogP contribution in [-0.4, -0.2) is 23.2 Å². The zero-order valence-electron chi connectivity index (χ0n) is 11.2. The summed E-state index contributed by atoms with van der Waals surface area (Å²) < 4.78 is 17.8. The Labute approximate surface area is 116 Å². The van der Waals surface area contributed by atoms with Crippen molar-refractivity contribution in [3.8, 4) is 0 Å². The molecule has 0 N–H and O–H groups in total. The summed E-state index contributed by atoms with van der Waals surface area (Å²) in [6.45, 7) is 1.59. The number of Topliss-reactive ketones (excluding diaryl/α,β-unsaturated/α-hetero) is 1. The highest BCUT2D eigenvalue weighted by atomic mass is 32.2. The maximum absolute atomic E-state index is 12.4. The van der Waals surface area contributed by atoms with Gasteiger partial charge in [0.15, 0.2) is 0 Å². The van der Waals surface area contributed by atoms with Crippen molar-refractivity contribution in [1.29, 1.82) is 0 Å². The largest absolute Gasteiger partial charge is 0.377 e. The minimum atomic E-state index is -1.15. The standard InChI is InChI=1S/C15H18O3S/c1-11(16)14-9-8-13(10-15(14)18-2)19(17)12-6-4-3-5-7-12/h3-7,10,14-15H,8-9H2,1-2H3/t14-,15+,19?/m0/s1. The zero-order valence-corrected chi connectivity index (χ0v) is 12.0. The topological polar surface area (TPSA) is 43.4 Å². The van der Waals surface area contributed by atoms with Gasteiger partial charge in [-0.15, -0.1) is 0 Å². The molecule has 0 aliphatic heterocycles. The molecule has 3 nitrogen and oxygen atoms in total. The number of methoxy groups -OCH3 is 1. The van der Waals surface area contributed by atoms with Crippen LogP contribution in [0.1, 0.15) is 19.8 Å². The molecule has 0 heterocycles. The van der Waals surface area contributed by atoms with Crippen LogP contribution in [-0.2, 0) is 20.3 Å². The summed E-state index contributed by atoms with van der Waals surface area (Å²) in [5.74, 6) is 0.0224. The number of hydrogen-bond acceptors (Lipinski definition) is 3. The van der Waals surface area contributed by atoms with E-state index in [-0.39, 0.29) is 17.8 Å². The number of rotatable bonds is 4. The van der Waals surface area contributed by atoms with Gasteiger partial charge in [-0.3, -0.25) is 4.79 Å². The first-order valence-corrected chi connectivity index (χ1v) is 7.49. The molecule has 1 unspecified atom stereocenters. The van der Waals surface area contributed by atoms with Gasteiger partial charge >= 0.3 is 0 Å². The van der Waals surface area contributed by atoms with Gasteiger partial charge in [0, 0.05) is 22.8 Å². The van der Waals surface area contributed by atoms with Crippen LogP contribution in [0.5, 0.6) is 0 Å². The van der Waals surface area contributed by atoms with E-state index in [2.05, 4.69) is 0 Å². The number of ketones is 1. The molecule has 0 aromatic heterocycles. The van der Waals surface area contributed by atoms with E-state index in [1.54, 1.807) is 14.0 Å². The fourth-order valence-electron chi connectivity index (χ4n) is 2.36. The first kappa shape index (κ1) is 14.2. The van der Waals surface area contributed by atoms with E-state index in [9.17, 15) is 9.00 Å². The van der Waals surface area contributed by atoms with Gasteiger partial charge in [-0.05, 0) is 38.0 Å². The van der Waals surface area contributed by atoms with Gasteiger partial charge in [0.1, 0.15) is 5.78 Å². The first-order chi connectivity index (χ1) is 9.13. The average Bonchev–Trinajstić information content (AvgIpc) is 2.46. The summed E-state index contributed by atoms with van der Waals surface area (Å²) in [7, 11) is 0.438. The van der Waals surface area contributed by atoms with Crippen molar-refractivity contribution < 1.29 is 13.7 Å². The second-order valence-electron chi connectivity index (χ2n) is 4.67. The van der Waals surface area contributed by atoms with E-state index < -0.39 is 10.8 Å². The van der Waals surface area contributed by atoms with Gasteiger partial charge in [-0.1, -0.05) is 18.2 Å². The fourth-order valence-corrected chi connectivity index (χ4v) is 3.63. The summed E-state index contributed by atoms with van der Waals surface area (Å²) >= 11 is 0. The SMILES string of the molecule is CO[C@@H]1C=C(S(=O)c2ccccc2)CC[C@H]1C(C)=O. The van der Waals surface area contributed by atoms with Crippen LogP contribution in [0.3, 0.4) is 0 Å². The number of carbonyl (C=O) groups is 1. The lowest BCUT2D eigenvalue weighted by atomic mass is 9.88. The second kappa shape index (κ2) is 6.26. The molecule has 4 heteroatoms. The second-order valence-corrected chi connectivity index (χ2v) is 6.20. The molecule has 1 aliphatic rings. The van der Waals surface area contributed by atoms with E-state index in [4.69, 9.17) is 4.74 Å². The molecule has 19 heavy (non-hydrogen) atoms. The highest BCUT2D eigenvalue weighted by Gasteiger charge is 2.30. The summed E-state index contributed by atoms with van der Waals surface area (Å²) in [5.41, 5.74) is 0. The predicted molar refractivity (Wildman–Crippen MR) is 75.1 cm³/mol. The van der Waals surface area contributed by atoms with E-state index in [0.717, 1.165) is 9.80 Å². The Hall–Kier alpha value is -1.26. The molecular formula is C15H18O3S. The van der Waals surface area contributed by atoms with E-state index in [1.807, 2.05) is 36.4 Å². The summed E-state index contributed by atoms with van der Waals surface area (Å²) in [4.78, 5) is 13.2. The van der Waals surface area contributed by atoms with Gasteiger partial charge in [-0.2, -0.15) is 0 Å². The van der Waals surface area contributed by atoms with Gasteiger partial charge in [-0.25, -0.2) is 4.21 Å². The monoisotopic (exact) mass is 278 g/mol. The summed E-state index contributed by atoms with van der Waals surface area (Å²) in [6.07, 6.45) is 3.00. The summed E-state index contributed by atoms with van der Waals surface area (Å²) in [6, 6.07) is 9.37. The molecular weight excluding hydrogens is 260 g/mol. The highest BCUT2D eigenvalue weighted by Crippen LogP contribution is 2.30. The molecule has 1 aromatic rings. The quantitative estimate of drug-likeness (QED) is 0.850. The van der Waals surface area contributed by atoms with Crippen LogP contribution in [0.4, 0.5) is 0 Å². The Balaban J connectivity index is 2.22. The van der Waals surface area contributed by atoms with Crippen LogP contribution < -0.4 is 0 Å². The van der Waals surface area contributed by atoms with Crippen molar-refractivity contribution in [2.24, 2.45) is 5.92 Å². The minimum absolute atomic E-state index is 0.110. The van der Waals surface area contributed by atoms with Crippen molar-refractivity contribution >= 4 is 16.6 Å². The van der Waals surface area contributed by atoms with Gasteiger partial charge < -0.3 is 4.74 Å². The molecule has 0 fully saturated rings. The molecule has 0 bridgehead atoms. The Morgan fingerprint density at radius 3 is 2.58 bits per heavy atom. The Morgan fingerprint density at radius 2 is 2.00 bits per heavy atom. The molecule has 2 rings (SSSR count). The first-order valence-electron chi connectivity index (χ1n) is 6.34. The molecule has 0 saturated carbocycles. The molecule has 0 spiro atoms. The fraction of sp³-hybridized carbons (Fsp3) is 0.400. The van der Waals surface area contributed by atoms with Crippen molar-refractivity contribution in [2.75, 3.05) is 7.11 Å². The van der Waals surface area contributed by atoms with Gasteiger partial charge in [0.05, 0.1) is 16.9 Å². The average molecular weight is 278 g/mol. The number of hydrogen-bond donors (Lipinski definition) is 0.